The highest BCUT2D eigenvalue weighted by Gasteiger charge is 2.23. The Labute approximate surface area is 180 Å². The Morgan fingerprint density at radius 1 is 0.968 bits per heavy atom. The van der Waals surface area contributed by atoms with E-state index in [1.807, 2.05) is 23.1 Å². The van der Waals surface area contributed by atoms with E-state index in [-0.39, 0.29) is 11.7 Å². The van der Waals surface area contributed by atoms with Crippen LogP contribution in [0.15, 0.2) is 51.7 Å². The van der Waals surface area contributed by atoms with E-state index in [2.05, 4.69) is 4.90 Å². The summed E-state index contributed by atoms with van der Waals surface area (Å²) in [7, 11) is 3.14. The minimum atomic E-state index is -0.315. The highest BCUT2D eigenvalue weighted by atomic mass is 16.5. The van der Waals surface area contributed by atoms with Crippen LogP contribution >= 0.6 is 0 Å². The molecule has 8 heteroatoms. The summed E-state index contributed by atoms with van der Waals surface area (Å²) in [5.41, 5.74) is 2.02. The van der Waals surface area contributed by atoms with E-state index in [0.717, 1.165) is 31.6 Å². The Kier molecular flexibility index (Phi) is 6.27. The maximum Gasteiger partial charge on any atom is 0.419 e. The van der Waals surface area contributed by atoms with Gasteiger partial charge in [-0.25, -0.2) is 4.79 Å². The number of hydrogen-bond donors (Lipinski definition) is 0. The van der Waals surface area contributed by atoms with Gasteiger partial charge in [-0.05, 0) is 37.2 Å². The molecule has 0 aliphatic carbocycles. The molecule has 3 aromatic rings. The number of carbonyl (C=O) groups excluding carboxylic acids is 1. The number of rotatable bonds is 7. The summed E-state index contributed by atoms with van der Waals surface area (Å²) in [5, 5.41) is 0. The smallest absolute Gasteiger partial charge is 0.419 e. The Morgan fingerprint density at radius 2 is 1.65 bits per heavy atom. The molecule has 31 heavy (non-hydrogen) atoms. The number of amides is 1. The molecule has 2 heterocycles. The van der Waals surface area contributed by atoms with Gasteiger partial charge in [-0.15, -0.1) is 0 Å². The molecule has 0 bridgehead atoms. The van der Waals surface area contributed by atoms with E-state index in [1.54, 1.807) is 43.1 Å². The average Bonchev–Trinajstić information content (AvgIpc) is 3.13. The number of ether oxygens (including phenoxy) is 2. The number of oxazole rings is 1. The van der Waals surface area contributed by atoms with Crippen molar-refractivity contribution in [2.75, 3.05) is 46.9 Å². The first-order valence-corrected chi connectivity index (χ1v) is 10.4. The van der Waals surface area contributed by atoms with Crippen molar-refractivity contribution in [2.45, 2.75) is 13.0 Å². The number of carbonyl (C=O) groups is 1. The van der Waals surface area contributed by atoms with Crippen molar-refractivity contribution >= 4 is 17.0 Å². The molecule has 0 unspecified atom stereocenters. The van der Waals surface area contributed by atoms with E-state index in [1.165, 1.54) is 0 Å². The number of nitrogens with zero attached hydrogens (tertiary/aromatic N) is 3. The second-order valence-electron chi connectivity index (χ2n) is 7.58. The summed E-state index contributed by atoms with van der Waals surface area (Å²) in [4.78, 5) is 29.2. The number of benzene rings is 2. The maximum atomic E-state index is 12.9. The van der Waals surface area contributed by atoms with Gasteiger partial charge in [-0.2, -0.15) is 0 Å². The van der Waals surface area contributed by atoms with Gasteiger partial charge in [0.25, 0.3) is 5.91 Å². The Hall–Kier alpha value is -3.26. The van der Waals surface area contributed by atoms with Crippen LogP contribution < -0.4 is 15.2 Å². The third-order valence-corrected chi connectivity index (χ3v) is 5.69. The number of aromatic nitrogens is 1. The second kappa shape index (κ2) is 9.26. The molecule has 1 fully saturated rings. The van der Waals surface area contributed by atoms with Crippen molar-refractivity contribution in [1.82, 2.24) is 14.4 Å². The SMILES string of the molecule is COc1cc(OC)cc(C(=O)N2CCN(CCCn3c(=O)oc4ccccc43)CC2)c1. The molecule has 1 aliphatic heterocycles. The van der Waals surface area contributed by atoms with Gasteiger partial charge >= 0.3 is 5.76 Å². The van der Waals surface area contributed by atoms with Gasteiger partial charge < -0.3 is 18.8 Å². The monoisotopic (exact) mass is 425 g/mol. The van der Waals surface area contributed by atoms with Gasteiger partial charge in [0.15, 0.2) is 5.58 Å². The topological polar surface area (TPSA) is 77.2 Å². The molecule has 164 valence electrons. The molecule has 0 saturated carbocycles. The molecule has 8 nitrogen and oxygen atoms in total. The number of aryl methyl sites for hydroxylation is 1. The minimum absolute atomic E-state index is 0.0201. The summed E-state index contributed by atoms with van der Waals surface area (Å²) in [6, 6.07) is 12.7. The van der Waals surface area contributed by atoms with Gasteiger partial charge in [0.1, 0.15) is 11.5 Å². The van der Waals surface area contributed by atoms with E-state index >= 15 is 0 Å². The lowest BCUT2D eigenvalue weighted by molar-refractivity contribution is 0.0634. The van der Waals surface area contributed by atoms with Crippen LogP contribution in [-0.4, -0.2) is 67.2 Å². The molecule has 0 N–H and O–H groups in total. The van der Waals surface area contributed by atoms with Gasteiger partial charge in [0.05, 0.1) is 19.7 Å². The van der Waals surface area contributed by atoms with E-state index in [0.29, 0.717) is 42.3 Å². The van der Waals surface area contributed by atoms with Crippen LogP contribution in [0.5, 0.6) is 11.5 Å². The Morgan fingerprint density at radius 3 is 2.32 bits per heavy atom. The molecule has 1 aliphatic rings. The summed E-state index contributed by atoms with van der Waals surface area (Å²) >= 11 is 0. The number of fused-ring (bicyclic) bond motifs is 1. The van der Waals surface area contributed by atoms with Crippen LogP contribution in [0.1, 0.15) is 16.8 Å². The zero-order valence-corrected chi connectivity index (χ0v) is 17.9. The largest absolute Gasteiger partial charge is 0.497 e. The fraction of sp³-hybridized carbons (Fsp3) is 0.391. The van der Waals surface area contributed by atoms with Crippen LogP contribution in [-0.2, 0) is 6.54 Å². The highest BCUT2D eigenvalue weighted by Crippen LogP contribution is 2.24. The van der Waals surface area contributed by atoms with Crippen molar-refractivity contribution in [3.8, 4) is 11.5 Å². The molecule has 2 aromatic carbocycles. The summed E-state index contributed by atoms with van der Waals surface area (Å²) < 4.78 is 17.5. The van der Waals surface area contributed by atoms with E-state index in [4.69, 9.17) is 13.9 Å². The van der Waals surface area contributed by atoms with Gasteiger partial charge in [0, 0.05) is 44.4 Å². The number of methoxy groups -OCH3 is 2. The third kappa shape index (κ3) is 4.59. The summed E-state index contributed by atoms with van der Waals surface area (Å²) in [5.74, 6) is 0.866. The minimum Gasteiger partial charge on any atom is -0.497 e. The summed E-state index contributed by atoms with van der Waals surface area (Å²) in [6.45, 7) is 4.39. The maximum absolute atomic E-state index is 12.9. The zero-order valence-electron chi connectivity index (χ0n) is 17.9. The van der Waals surface area contributed by atoms with Gasteiger partial charge in [-0.1, -0.05) is 12.1 Å². The van der Waals surface area contributed by atoms with Crippen LogP contribution in [0.4, 0.5) is 0 Å². The van der Waals surface area contributed by atoms with Crippen molar-refractivity contribution in [1.29, 1.82) is 0 Å². The number of para-hydroxylation sites is 2. The molecule has 1 aromatic heterocycles. The lowest BCUT2D eigenvalue weighted by atomic mass is 10.1. The van der Waals surface area contributed by atoms with Crippen LogP contribution in [0.2, 0.25) is 0 Å². The first-order valence-electron chi connectivity index (χ1n) is 10.4. The summed E-state index contributed by atoms with van der Waals surface area (Å²) in [6.07, 6.45) is 0.838. The zero-order chi connectivity index (χ0) is 21.8. The molecule has 1 saturated heterocycles. The second-order valence-corrected chi connectivity index (χ2v) is 7.58. The molecule has 0 radical (unpaired) electrons. The predicted octanol–water partition coefficient (Wildman–Crippen LogP) is 2.46. The van der Waals surface area contributed by atoms with Gasteiger partial charge in [-0.3, -0.25) is 14.3 Å². The predicted molar refractivity (Wildman–Crippen MR) is 117 cm³/mol. The lowest BCUT2D eigenvalue weighted by Gasteiger charge is -2.34. The number of hydrogen-bond acceptors (Lipinski definition) is 6. The molecule has 1 amide bonds. The van der Waals surface area contributed by atoms with Crippen LogP contribution in [0, 0.1) is 0 Å². The quantitative estimate of drug-likeness (QED) is 0.579. The molecule has 4 rings (SSSR count). The normalized spacial score (nSPS) is 14.7. The lowest BCUT2D eigenvalue weighted by Crippen LogP contribution is -2.49. The first-order chi connectivity index (χ1) is 15.1. The Balaban J connectivity index is 1.30. The standard InChI is InChI=1S/C23H27N3O5/c1-29-18-14-17(15-19(16-18)30-2)22(27)25-12-10-24(11-13-25)8-5-9-26-20-6-3-4-7-21(20)31-23(26)28/h3-4,6-7,14-16H,5,8-13H2,1-2H3. The fourth-order valence-corrected chi connectivity index (χ4v) is 3.97. The average molecular weight is 425 g/mol. The van der Waals surface area contributed by atoms with Gasteiger partial charge in [0.2, 0.25) is 0 Å². The number of piperazine rings is 1. The van der Waals surface area contributed by atoms with Crippen LogP contribution in [0.25, 0.3) is 11.1 Å². The van der Waals surface area contributed by atoms with E-state index in [9.17, 15) is 9.59 Å². The molecule has 0 spiro atoms. The third-order valence-electron chi connectivity index (χ3n) is 5.69. The molecule has 0 atom stereocenters. The van der Waals surface area contributed by atoms with E-state index < -0.39 is 0 Å². The van der Waals surface area contributed by atoms with Crippen LogP contribution in [0.3, 0.4) is 0 Å². The highest BCUT2D eigenvalue weighted by molar-refractivity contribution is 5.95. The molecular formula is C23H27N3O5. The van der Waals surface area contributed by atoms with Crippen molar-refractivity contribution < 1.29 is 18.7 Å². The Bertz CT molecular complexity index is 1090. The first kappa shape index (κ1) is 21.0. The van der Waals surface area contributed by atoms with Crippen molar-refractivity contribution in [3.05, 3.63) is 58.6 Å². The fourth-order valence-electron chi connectivity index (χ4n) is 3.97. The van der Waals surface area contributed by atoms with Crippen molar-refractivity contribution in [3.63, 3.8) is 0 Å². The van der Waals surface area contributed by atoms with Crippen molar-refractivity contribution in [2.24, 2.45) is 0 Å². The molecular weight excluding hydrogens is 398 g/mol.